The van der Waals surface area contributed by atoms with Gasteiger partial charge >= 0.3 is 6.18 Å². The molecular weight excluding hydrogens is 417 g/mol. The summed E-state index contributed by atoms with van der Waals surface area (Å²) in [5, 5.41) is 0. The van der Waals surface area contributed by atoms with Crippen molar-refractivity contribution in [1.29, 1.82) is 0 Å². The highest BCUT2D eigenvalue weighted by Crippen LogP contribution is 2.41. The molecular formula is C20H23F3N4O2S. The van der Waals surface area contributed by atoms with E-state index < -0.39 is 17.4 Å². The number of nitrogens with two attached hydrogens (primary N) is 1. The van der Waals surface area contributed by atoms with Gasteiger partial charge < -0.3 is 15.4 Å². The third-order valence-corrected chi connectivity index (χ3v) is 7.14. The smallest absolute Gasteiger partial charge is 0.398 e. The third kappa shape index (κ3) is 3.90. The molecule has 30 heavy (non-hydrogen) atoms. The zero-order valence-electron chi connectivity index (χ0n) is 16.5. The van der Waals surface area contributed by atoms with Crippen LogP contribution in [0.25, 0.3) is 0 Å². The van der Waals surface area contributed by atoms with Crippen molar-refractivity contribution in [3.63, 3.8) is 0 Å². The number of alkyl halides is 3. The molecule has 1 spiro atoms. The third-order valence-electron chi connectivity index (χ3n) is 5.97. The molecule has 0 saturated carbocycles. The Balaban J connectivity index is 1.61. The molecule has 4 rings (SSSR count). The lowest BCUT2D eigenvalue weighted by Gasteiger charge is -2.40. The number of rotatable bonds is 3. The van der Waals surface area contributed by atoms with Gasteiger partial charge in [-0.1, -0.05) is 11.8 Å². The highest BCUT2D eigenvalue weighted by Gasteiger charge is 2.39. The van der Waals surface area contributed by atoms with Crippen LogP contribution in [0.1, 0.15) is 25.0 Å². The van der Waals surface area contributed by atoms with Gasteiger partial charge in [0, 0.05) is 43.9 Å². The Morgan fingerprint density at radius 1 is 1.27 bits per heavy atom. The number of anilines is 2. The largest absolute Gasteiger partial charge is 0.434 e. The van der Waals surface area contributed by atoms with Gasteiger partial charge in [0.15, 0.2) is 5.69 Å². The Hall–Kier alpha value is -2.20. The van der Waals surface area contributed by atoms with Gasteiger partial charge in [0.05, 0.1) is 12.3 Å². The van der Waals surface area contributed by atoms with Crippen molar-refractivity contribution in [2.45, 2.75) is 35.2 Å². The van der Waals surface area contributed by atoms with Crippen LogP contribution in [0.2, 0.25) is 0 Å². The summed E-state index contributed by atoms with van der Waals surface area (Å²) in [7, 11) is 1.62. The van der Waals surface area contributed by atoms with Crippen molar-refractivity contribution in [3.8, 4) is 0 Å². The second-order valence-corrected chi connectivity index (χ2v) is 8.94. The van der Waals surface area contributed by atoms with Gasteiger partial charge in [0.25, 0.3) is 5.56 Å². The minimum atomic E-state index is -4.61. The maximum atomic E-state index is 13.3. The number of aromatic nitrogens is 2. The van der Waals surface area contributed by atoms with E-state index in [0.717, 1.165) is 51.8 Å². The minimum Gasteiger partial charge on any atom is -0.398 e. The van der Waals surface area contributed by atoms with E-state index in [-0.39, 0.29) is 20.9 Å². The van der Waals surface area contributed by atoms with Crippen molar-refractivity contribution in [3.05, 3.63) is 40.4 Å². The van der Waals surface area contributed by atoms with Gasteiger partial charge in [-0.2, -0.15) is 13.2 Å². The highest BCUT2D eigenvalue weighted by atomic mass is 32.2. The number of nitrogens with zero attached hydrogens (tertiary/aromatic N) is 3. The molecule has 0 radical (unpaired) electrons. The number of pyridine rings is 2. The molecule has 4 heterocycles. The SMILES string of the molecule is Cn1c(N2CCC3(CCOC3)CC2)cc(N)c(Sc2cccnc2C(F)(F)F)c1=O. The van der Waals surface area contributed by atoms with Crippen LogP contribution < -0.4 is 16.2 Å². The number of hydrogen-bond donors (Lipinski definition) is 1. The molecule has 6 nitrogen and oxygen atoms in total. The van der Waals surface area contributed by atoms with Crippen LogP contribution in [0.4, 0.5) is 24.7 Å². The van der Waals surface area contributed by atoms with Gasteiger partial charge in [-0.15, -0.1) is 0 Å². The second-order valence-electron chi connectivity index (χ2n) is 7.89. The Kier molecular flexibility index (Phi) is 5.48. The predicted octanol–water partition coefficient (Wildman–Crippen LogP) is 3.54. The Bertz CT molecular complexity index is 993. The van der Waals surface area contributed by atoms with E-state index in [1.165, 1.54) is 16.7 Å². The van der Waals surface area contributed by atoms with E-state index in [1.807, 2.05) is 0 Å². The van der Waals surface area contributed by atoms with Crippen molar-refractivity contribution in [2.24, 2.45) is 12.5 Å². The summed E-state index contributed by atoms with van der Waals surface area (Å²) in [4.78, 5) is 18.5. The fourth-order valence-corrected chi connectivity index (χ4v) is 5.17. The molecule has 0 aliphatic carbocycles. The fraction of sp³-hybridized carbons (Fsp3) is 0.500. The molecule has 2 aromatic heterocycles. The standard InChI is InChI=1S/C20H23F3N4O2S/c1-26-15(27-8-4-19(5-9-27)6-10-29-12-19)11-13(24)16(18(26)28)30-14-3-2-7-25-17(14)20(21,22)23/h2-3,7,11H,4-6,8-10,12,24H2,1H3. The Labute approximate surface area is 176 Å². The molecule has 0 atom stereocenters. The first kappa shape index (κ1) is 21.0. The summed E-state index contributed by atoms with van der Waals surface area (Å²) in [6, 6.07) is 4.38. The number of nitrogen functional groups attached to an aromatic ring is 1. The molecule has 0 unspecified atom stereocenters. The van der Waals surface area contributed by atoms with Gasteiger partial charge in [-0.05, 0) is 36.8 Å². The van der Waals surface area contributed by atoms with Crippen LogP contribution in [0.5, 0.6) is 0 Å². The first-order valence-electron chi connectivity index (χ1n) is 9.72. The van der Waals surface area contributed by atoms with Gasteiger partial charge in [0.1, 0.15) is 10.7 Å². The maximum Gasteiger partial charge on any atom is 0.434 e. The quantitative estimate of drug-likeness (QED) is 0.787. The Morgan fingerprint density at radius 2 is 2.00 bits per heavy atom. The fourth-order valence-electron chi connectivity index (χ4n) is 4.14. The van der Waals surface area contributed by atoms with Crippen LogP contribution in [-0.4, -0.2) is 35.9 Å². The molecule has 2 fully saturated rings. The summed E-state index contributed by atoms with van der Waals surface area (Å²) >= 11 is 0.703. The summed E-state index contributed by atoms with van der Waals surface area (Å²) < 4.78 is 46.8. The van der Waals surface area contributed by atoms with E-state index in [0.29, 0.717) is 17.6 Å². The molecule has 0 aromatic carbocycles. The summed E-state index contributed by atoms with van der Waals surface area (Å²) in [5.74, 6) is 0.679. The molecule has 2 saturated heterocycles. The molecule has 2 N–H and O–H groups in total. The van der Waals surface area contributed by atoms with Gasteiger partial charge in [-0.25, -0.2) is 0 Å². The lowest BCUT2D eigenvalue weighted by atomic mass is 9.78. The Morgan fingerprint density at radius 3 is 2.63 bits per heavy atom. The summed E-state index contributed by atoms with van der Waals surface area (Å²) in [6.45, 7) is 3.14. The van der Waals surface area contributed by atoms with E-state index in [1.54, 1.807) is 13.1 Å². The second kappa shape index (κ2) is 7.81. The van der Waals surface area contributed by atoms with Crippen molar-refractivity contribution >= 4 is 23.3 Å². The van der Waals surface area contributed by atoms with Gasteiger partial charge in [-0.3, -0.25) is 14.3 Å². The maximum absolute atomic E-state index is 13.3. The van der Waals surface area contributed by atoms with Crippen LogP contribution in [0.3, 0.4) is 0 Å². The molecule has 2 aliphatic rings. The summed E-state index contributed by atoms with van der Waals surface area (Å²) in [6.07, 6.45) is -0.526. The van der Waals surface area contributed by atoms with Crippen LogP contribution >= 0.6 is 11.8 Å². The van der Waals surface area contributed by atoms with Gasteiger partial charge in [0.2, 0.25) is 0 Å². The number of piperidine rings is 1. The van der Waals surface area contributed by atoms with Crippen LogP contribution in [-0.2, 0) is 18.0 Å². The van der Waals surface area contributed by atoms with Crippen LogP contribution in [0, 0.1) is 5.41 Å². The normalized spacial score (nSPS) is 18.9. The molecule has 0 bridgehead atoms. The minimum absolute atomic E-state index is 0.0671. The van der Waals surface area contributed by atoms with E-state index in [4.69, 9.17) is 10.5 Å². The van der Waals surface area contributed by atoms with Crippen molar-refractivity contribution < 1.29 is 17.9 Å². The molecule has 2 aromatic rings. The molecule has 2 aliphatic heterocycles. The van der Waals surface area contributed by atoms with E-state index in [9.17, 15) is 18.0 Å². The first-order chi connectivity index (χ1) is 14.2. The van der Waals surface area contributed by atoms with E-state index >= 15 is 0 Å². The lowest BCUT2D eigenvalue weighted by Crippen LogP contribution is -2.42. The van der Waals surface area contributed by atoms with Crippen LogP contribution in [0.15, 0.2) is 39.0 Å². The van der Waals surface area contributed by atoms with E-state index in [2.05, 4.69) is 9.88 Å². The number of hydrogen-bond acceptors (Lipinski definition) is 6. The first-order valence-corrected chi connectivity index (χ1v) is 10.5. The zero-order chi connectivity index (χ0) is 21.5. The predicted molar refractivity (Wildman–Crippen MR) is 109 cm³/mol. The average Bonchev–Trinajstić information content (AvgIpc) is 3.16. The zero-order valence-corrected chi connectivity index (χ0v) is 17.4. The van der Waals surface area contributed by atoms with Crippen molar-refractivity contribution in [1.82, 2.24) is 9.55 Å². The summed E-state index contributed by atoms with van der Waals surface area (Å²) in [5.41, 5.74) is 5.08. The molecule has 10 heteroatoms. The number of ether oxygens (including phenoxy) is 1. The average molecular weight is 440 g/mol. The lowest BCUT2D eigenvalue weighted by molar-refractivity contribution is -0.143. The molecule has 0 amide bonds. The van der Waals surface area contributed by atoms with Crippen molar-refractivity contribution in [2.75, 3.05) is 36.9 Å². The molecule has 162 valence electrons. The monoisotopic (exact) mass is 440 g/mol. The highest BCUT2D eigenvalue weighted by molar-refractivity contribution is 7.99. The topological polar surface area (TPSA) is 73.4 Å². The number of halogens is 3.